The highest BCUT2D eigenvalue weighted by Crippen LogP contribution is 2.62. The van der Waals surface area contributed by atoms with Crippen molar-refractivity contribution >= 4 is 0 Å². The van der Waals surface area contributed by atoms with Crippen molar-refractivity contribution < 1.29 is 27.2 Å². The van der Waals surface area contributed by atoms with Crippen molar-refractivity contribution in [1.29, 1.82) is 0 Å². The van der Waals surface area contributed by atoms with Crippen molar-refractivity contribution in [3.8, 4) is 12.0 Å². The van der Waals surface area contributed by atoms with Crippen LogP contribution in [0.15, 0.2) is 23.3 Å². The zero-order valence-electron chi connectivity index (χ0n) is 17.6. The summed E-state index contributed by atoms with van der Waals surface area (Å²) in [5, 5.41) is 2.62. The van der Waals surface area contributed by atoms with Crippen LogP contribution in [-0.4, -0.2) is 41.8 Å². The summed E-state index contributed by atoms with van der Waals surface area (Å²) in [6.45, 7) is 3.57. The van der Waals surface area contributed by atoms with Crippen molar-refractivity contribution in [2.75, 3.05) is 20.8 Å². The van der Waals surface area contributed by atoms with E-state index >= 15 is 0 Å². The molecule has 5 rings (SSSR count). The van der Waals surface area contributed by atoms with Crippen LogP contribution in [0.3, 0.4) is 0 Å². The maximum absolute atomic E-state index is 5.37. The number of piperidine rings is 1. The van der Waals surface area contributed by atoms with Crippen molar-refractivity contribution in [2.24, 2.45) is 11.3 Å². The fraction of sp³-hybridized carbons (Fsp3) is 0.682. The predicted octanol–water partition coefficient (Wildman–Crippen LogP) is -0.677. The van der Waals surface area contributed by atoms with Crippen LogP contribution in [0.2, 0.25) is 0 Å². The van der Waals surface area contributed by atoms with Crippen LogP contribution in [0.25, 0.3) is 0 Å². The molecular weight excluding hydrogens is 388 g/mol. The minimum absolute atomic E-state index is 0. The lowest BCUT2D eigenvalue weighted by Crippen LogP contribution is -3.00. The second kappa shape index (κ2) is 7.55. The van der Waals surface area contributed by atoms with E-state index in [2.05, 4.69) is 29.4 Å². The number of ether oxygens (including phenoxy) is 2. The summed E-state index contributed by atoms with van der Waals surface area (Å²) in [6, 6.07) is 1.41. The normalized spacial score (nSPS) is 35.3. The molecular formula is C22H31ClN4O2. The summed E-state index contributed by atoms with van der Waals surface area (Å²) in [6.07, 6.45) is 13.5. The van der Waals surface area contributed by atoms with Gasteiger partial charge in [0, 0.05) is 24.2 Å². The smallest absolute Gasteiger partial charge is 0.322 e. The number of aromatic nitrogens is 3. The summed E-state index contributed by atoms with van der Waals surface area (Å²) in [5.41, 5.74) is 3.22. The first-order valence-electron chi connectivity index (χ1n) is 10.7. The van der Waals surface area contributed by atoms with Crippen LogP contribution in [0.1, 0.15) is 57.7 Å². The molecule has 29 heavy (non-hydrogen) atoms. The molecule has 1 saturated heterocycles. The molecule has 1 unspecified atom stereocenters. The Morgan fingerprint density at radius 1 is 1.07 bits per heavy atom. The van der Waals surface area contributed by atoms with Gasteiger partial charge in [-0.25, -0.2) is 0 Å². The zero-order chi connectivity index (χ0) is 19.4. The lowest BCUT2D eigenvalue weighted by molar-refractivity contribution is -0.712. The molecule has 6 nitrogen and oxygen atoms in total. The van der Waals surface area contributed by atoms with E-state index in [1.54, 1.807) is 19.8 Å². The largest absolute Gasteiger partial charge is 1.00 e. The Bertz CT molecular complexity index is 831. The molecule has 3 aliphatic carbocycles. The fourth-order valence-electron chi connectivity index (χ4n) is 6.82. The highest BCUT2D eigenvalue weighted by atomic mass is 35.5. The Labute approximate surface area is 179 Å². The van der Waals surface area contributed by atoms with Crippen molar-refractivity contribution in [2.45, 2.75) is 63.3 Å². The predicted molar refractivity (Wildman–Crippen MR) is 105 cm³/mol. The standard InChI is InChI=1S/C22H30N4O2.ClH/c1-21(18-24-19(27-2)26-20(25-18)28-3)9-6-7-14-13-16-15-8-4-5-10-22(15,17(14)21)11-12-23-16;/h6-7,15-16,23H,4-5,8-13H2,1-3H3;1H/t15-,16+,21?,22+;/m0./s1. The van der Waals surface area contributed by atoms with E-state index in [0.29, 0.717) is 17.4 Å². The Morgan fingerprint density at radius 3 is 2.55 bits per heavy atom. The monoisotopic (exact) mass is 418 g/mol. The molecule has 158 valence electrons. The second-order valence-electron chi connectivity index (χ2n) is 9.12. The molecule has 0 spiro atoms. The highest BCUT2D eigenvalue weighted by Gasteiger charge is 2.59. The molecule has 2 heterocycles. The van der Waals surface area contributed by atoms with Gasteiger partial charge in [0.2, 0.25) is 0 Å². The number of nitrogens with two attached hydrogens (primary N) is 1. The van der Waals surface area contributed by atoms with Crippen LogP contribution in [0, 0.1) is 11.3 Å². The quantitative estimate of drug-likeness (QED) is 0.704. The van der Waals surface area contributed by atoms with Gasteiger partial charge in [-0.3, -0.25) is 0 Å². The highest BCUT2D eigenvalue weighted by molar-refractivity contribution is 5.48. The summed E-state index contributed by atoms with van der Waals surface area (Å²) in [4.78, 5) is 13.7. The van der Waals surface area contributed by atoms with Crippen LogP contribution in [0.5, 0.6) is 12.0 Å². The van der Waals surface area contributed by atoms with Gasteiger partial charge in [-0.2, -0.15) is 9.97 Å². The van der Waals surface area contributed by atoms with Crippen molar-refractivity contribution in [3.05, 3.63) is 29.1 Å². The number of quaternary nitrogens is 1. The summed E-state index contributed by atoms with van der Waals surface area (Å²) >= 11 is 0. The van der Waals surface area contributed by atoms with E-state index in [4.69, 9.17) is 19.4 Å². The summed E-state index contributed by atoms with van der Waals surface area (Å²) in [7, 11) is 3.20. The number of hydrogen-bond donors (Lipinski definition) is 1. The molecule has 4 aliphatic rings. The maximum Gasteiger partial charge on any atom is 0.322 e. The Hall–Kier alpha value is -1.66. The minimum Gasteiger partial charge on any atom is -1.00 e. The van der Waals surface area contributed by atoms with E-state index < -0.39 is 0 Å². The van der Waals surface area contributed by atoms with Gasteiger partial charge in [-0.15, -0.1) is 4.98 Å². The number of rotatable bonds is 3. The lowest BCUT2D eigenvalue weighted by atomic mass is 9.47. The SMILES string of the molecule is COc1nc(OC)nc(C2(C)CC=CC3=C2[C@@]24CCCC[C@H]2[C@@H](C3)[NH2+]CC4)n1.[Cl-]. The average Bonchev–Trinajstić information content (AvgIpc) is 2.73. The molecule has 0 aromatic carbocycles. The van der Waals surface area contributed by atoms with E-state index in [9.17, 15) is 0 Å². The van der Waals surface area contributed by atoms with Crippen LogP contribution in [-0.2, 0) is 5.41 Å². The van der Waals surface area contributed by atoms with Gasteiger partial charge in [0.15, 0.2) is 0 Å². The zero-order valence-corrected chi connectivity index (χ0v) is 18.3. The van der Waals surface area contributed by atoms with Gasteiger partial charge < -0.3 is 27.2 Å². The molecule has 1 aliphatic heterocycles. The molecule has 1 aromatic heterocycles. The second-order valence-corrected chi connectivity index (χ2v) is 9.12. The number of methoxy groups -OCH3 is 2. The van der Waals surface area contributed by atoms with Gasteiger partial charge in [0.1, 0.15) is 5.82 Å². The molecule has 2 bridgehead atoms. The molecule has 0 amide bonds. The van der Waals surface area contributed by atoms with E-state index in [1.165, 1.54) is 50.6 Å². The molecule has 2 N–H and O–H groups in total. The summed E-state index contributed by atoms with van der Waals surface area (Å²) in [5.74, 6) is 1.57. The third-order valence-electron chi connectivity index (χ3n) is 7.80. The van der Waals surface area contributed by atoms with Gasteiger partial charge >= 0.3 is 12.0 Å². The van der Waals surface area contributed by atoms with Crippen LogP contribution in [0.4, 0.5) is 0 Å². The molecule has 2 fully saturated rings. The number of hydrogen-bond acceptors (Lipinski definition) is 5. The van der Waals surface area contributed by atoms with Gasteiger partial charge in [-0.05, 0) is 37.3 Å². The van der Waals surface area contributed by atoms with E-state index in [0.717, 1.165) is 24.2 Å². The molecule has 7 heteroatoms. The minimum atomic E-state index is -0.231. The molecule has 0 radical (unpaired) electrons. The van der Waals surface area contributed by atoms with Gasteiger partial charge in [0.25, 0.3) is 0 Å². The molecule has 1 saturated carbocycles. The molecule has 4 atom stereocenters. The van der Waals surface area contributed by atoms with Crippen molar-refractivity contribution in [1.82, 2.24) is 15.0 Å². The Morgan fingerprint density at radius 2 is 1.83 bits per heavy atom. The lowest BCUT2D eigenvalue weighted by Gasteiger charge is -2.58. The fourth-order valence-corrected chi connectivity index (χ4v) is 6.82. The van der Waals surface area contributed by atoms with Crippen LogP contribution >= 0.6 is 0 Å². The number of allylic oxidation sites excluding steroid dienone is 3. The third-order valence-corrected chi connectivity index (χ3v) is 7.80. The topological polar surface area (TPSA) is 73.7 Å². The van der Waals surface area contributed by atoms with E-state index in [-0.39, 0.29) is 17.8 Å². The third kappa shape index (κ3) is 2.98. The van der Waals surface area contributed by atoms with Crippen LogP contribution < -0.4 is 27.2 Å². The Balaban J connectivity index is 0.00000205. The Kier molecular flexibility index (Phi) is 5.36. The average molecular weight is 419 g/mol. The first kappa shape index (κ1) is 20.6. The number of nitrogens with zero attached hydrogens (tertiary/aromatic N) is 3. The first-order chi connectivity index (χ1) is 13.6. The molecule has 1 aromatic rings. The maximum atomic E-state index is 5.37. The van der Waals surface area contributed by atoms with Gasteiger partial charge in [-0.1, -0.05) is 25.0 Å². The van der Waals surface area contributed by atoms with E-state index in [1.807, 2.05) is 0 Å². The number of halogens is 1. The first-order valence-corrected chi connectivity index (χ1v) is 10.7. The van der Waals surface area contributed by atoms with Gasteiger partial charge in [0.05, 0.1) is 32.2 Å². The summed E-state index contributed by atoms with van der Waals surface area (Å²) < 4.78 is 10.7. The van der Waals surface area contributed by atoms with Crippen molar-refractivity contribution in [3.63, 3.8) is 0 Å².